The number of halogens is 2. The van der Waals surface area contributed by atoms with Gasteiger partial charge in [0.2, 0.25) is 5.91 Å². The van der Waals surface area contributed by atoms with Crippen LogP contribution in [-0.4, -0.2) is 46.9 Å². The summed E-state index contributed by atoms with van der Waals surface area (Å²) in [6.07, 6.45) is 2.76. The van der Waals surface area contributed by atoms with Gasteiger partial charge in [-0.2, -0.15) is 0 Å². The van der Waals surface area contributed by atoms with Crippen molar-refractivity contribution in [2.75, 3.05) is 26.2 Å². The Hall–Kier alpha value is -3.06. The number of carbonyl (C=O) groups is 1. The highest BCUT2D eigenvalue weighted by atomic mass is 19.1. The predicted molar refractivity (Wildman–Crippen MR) is 118 cm³/mol. The van der Waals surface area contributed by atoms with Crippen LogP contribution in [0.3, 0.4) is 0 Å². The standard InChI is InChI=1S/C25H27F2N3O2/c1-18-6-8-19(9-7-18)17-29-12-3-13-30(15-14-29)24(31)11-10-23-28-16-22(32-23)25-20(26)4-2-5-21(25)27/h2,4-9,16H,3,10-15,17H2,1H3. The molecular weight excluding hydrogens is 412 g/mol. The monoisotopic (exact) mass is 439 g/mol. The van der Waals surface area contributed by atoms with Crippen LogP contribution in [0.4, 0.5) is 8.78 Å². The van der Waals surface area contributed by atoms with E-state index < -0.39 is 11.6 Å². The molecule has 1 aliphatic rings. The van der Waals surface area contributed by atoms with Crippen LogP contribution in [0.15, 0.2) is 53.1 Å². The topological polar surface area (TPSA) is 49.6 Å². The van der Waals surface area contributed by atoms with Crippen LogP contribution in [0.25, 0.3) is 11.3 Å². The Morgan fingerprint density at radius 2 is 1.78 bits per heavy atom. The average Bonchev–Trinajstić information content (AvgIpc) is 3.11. The molecule has 2 aromatic carbocycles. The number of amides is 1. The van der Waals surface area contributed by atoms with Gasteiger partial charge < -0.3 is 9.32 Å². The van der Waals surface area contributed by atoms with E-state index in [1.807, 2.05) is 4.90 Å². The number of rotatable bonds is 6. The molecule has 0 N–H and O–H groups in total. The third kappa shape index (κ3) is 5.40. The molecule has 1 aliphatic heterocycles. The summed E-state index contributed by atoms with van der Waals surface area (Å²) in [7, 11) is 0. The highest BCUT2D eigenvalue weighted by molar-refractivity contribution is 5.76. The first kappa shape index (κ1) is 22.1. The Kier molecular flexibility index (Phi) is 6.95. The maximum Gasteiger partial charge on any atom is 0.223 e. The van der Waals surface area contributed by atoms with Crippen LogP contribution in [0, 0.1) is 18.6 Å². The fourth-order valence-electron chi connectivity index (χ4n) is 3.98. The normalized spacial score (nSPS) is 15.0. The Balaban J connectivity index is 1.29. The summed E-state index contributed by atoms with van der Waals surface area (Å²) in [5.41, 5.74) is 2.29. The van der Waals surface area contributed by atoms with Gasteiger partial charge in [-0.05, 0) is 31.0 Å². The van der Waals surface area contributed by atoms with E-state index in [2.05, 4.69) is 41.1 Å². The van der Waals surface area contributed by atoms with Crippen LogP contribution in [0.5, 0.6) is 0 Å². The number of oxazole rings is 1. The van der Waals surface area contributed by atoms with E-state index in [0.717, 1.165) is 32.6 Å². The summed E-state index contributed by atoms with van der Waals surface area (Å²) < 4.78 is 33.4. The van der Waals surface area contributed by atoms with E-state index in [0.29, 0.717) is 18.9 Å². The quantitative estimate of drug-likeness (QED) is 0.564. The van der Waals surface area contributed by atoms with E-state index in [4.69, 9.17) is 4.42 Å². The molecule has 1 amide bonds. The minimum Gasteiger partial charge on any atom is -0.441 e. The van der Waals surface area contributed by atoms with Gasteiger partial charge in [-0.25, -0.2) is 13.8 Å². The van der Waals surface area contributed by atoms with Crippen molar-refractivity contribution in [2.24, 2.45) is 0 Å². The van der Waals surface area contributed by atoms with Crippen LogP contribution in [0.2, 0.25) is 0 Å². The molecule has 3 aromatic rings. The lowest BCUT2D eigenvalue weighted by Gasteiger charge is -2.22. The van der Waals surface area contributed by atoms with Gasteiger partial charge in [0.1, 0.15) is 11.6 Å². The van der Waals surface area contributed by atoms with Crippen LogP contribution >= 0.6 is 0 Å². The molecule has 2 heterocycles. The molecule has 0 atom stereocenters. The van der Waals surface area contributed by atoms with Gasteiger partial charge in [-0.1, -0.05) is 35.9 Å². The van der Waals surface area contributed by atoms with Crippen molar-refractivity contribution in [1.29, 1.82) is 0 Å². The van der Waals surface area contributed by atoms with E-state index in [9.17, 15) is 13.6 Å². The van der Waals surface area contributed by atoms with Crippen LogP contribution in [0.1, 0.15) is 29.9 Å². The molecule has 32 heavy (non-hydrogen) atoms. The fourth-order valence-corrected chi connectivity index (χ4v) is 3.98. The lowest BCUT2D eigenvalue weighted by Crippen LogP contribution is -2.35. The average molecular weight is 440 g/mol. The molecule has 0 radical (unpaired) electrons. The molecule has 5 nitrogen and oxygen atoms in total. The number of aromatic nitrogens is 1. The molecule has 1 aromatic heterocycles. The first-order valence-electron chi connectivity index (χ1n) is 10.9. The Bertz CT molecular complexity index is 1050. The predicted octanol–water partition coefficient (Wildman–Crippen LogP) is 4.60. The zero-order valence-electron chi connectivity index (χ0n) is 18.2. The summed E-state index contributed by atoms with van der Waals surface area (Å²) in [6.45, 7) is 6.15. The third-order valence-corrected chi connectivity index (χ3v) is 5.78. The maximum absolute atomic E-state index is 13.9. The Labute approximate surface area is 186 Å². The van der Waals surface area contributed by atoms with Gasteiger partial charge in [0.15, 0.2) is 11.7 Å². The van der Waals surface area contributed by atoms with Gasteiger partial charge in [-0.15, -0.1) is 0 Å². The number of hydrogen-bond acceptors (Lipinski definition) is 4. The number of hydrogen-bond donors (Lipinski definition) is 0. The number of aryl methyl sites for hydroxylation is 2. The molecule has 168 valence electrons. The SMILES string of the molecule is Cc1ccc(CN2CCCN(C(=O)CCc3ncc(-c4c(F)cccc4F)o3)CC2)cc1. The fraction of sp³-hybridized carbons (Fsp3) is 0.360. The number of carbonyl (C=O) groups excluding carboxylic acids is 1. The molecule has 0 spiro atoms. The molecule has 0 bridgehead atoms. The van der Waals surface area contributed by atoms with Crippen molar-refractivity contribution >= 4 is 5.91 Å². The van der Waals surface area contributed by atoms with Crippen molar-refractivity contribution in [2.45, 2.75) is 32.7 Å². The molecule has 1 fully saturated rings. The summed E-state index contributed by atoms with van der Waals surface area (Å²) >= 11 is 0. The Morgan fingerprint density at radius 1 is 1.03 bits per heavy atom. The summed E-state index contributed by atoms with van der Waals surface area (Å²) in [5, 5.41) is 0. The summed E-state index contributed by atoms with van der Waals surface area (Å²) in [4.78, 5) is 21.1. The van der Waals surface area contributed by atoms with E-state index in [1.165, 1.54) is 35.5 Å². The van der Waals surface area contributed by atoms with Gasteiger partial charge in [0.25, 0.3) is 0 Å². The van der Waals surface area contributed by atoms with Crippen molar-refractivity contribution in [3.63, 3.8) is 0 Å². The van der Waals surface area contributed by atoms with Gasteiger partial charge >= 0.3 is 0 Å². The molecule has 0 unspecified atom stereocenters. The van der Waals surface area contributed by atoms with E-state index >= 15 is 0 Å². The first-order valence-corrected chi connectivity index (χ1v) is 10.9. The zero-order chi connectivity index (χ0) is 22.5. The van der Waals surface area contributed by atoms with Crippen LogP contribution < -0.4 is 0 Å². The van der Waals surface area contributed by atoms with Crippen molar-refractivity contribution in [1.82, 2.24) is 14.8 Å². The second kappa shape index (κ2) is 10.0. The van der Waals surface area contributed by atoms with Gasteiger partial charge in [0, 0.05) is 45.6 Å². The van der Waals surface area contributed by atoms with E-state index in [1.54, 1.807) is 0 Å². The van der Waals surface area contributed by atoms with Crippen molar-refractivity contribution in [3.8, 4) is 11.3 Å². The lowest BCUT2D eigenvalue weighted by molar-refractivity contribution is -0.131. The van der Waals surface area contributed by atoms with Gasteiger partial charge in [-0.3, -0.25) is 9.69 Å². The lowest BCUT2D eigenvalue weighted by atomic mass is 10.1. The summed E-state index contributed by atoms with van der Waals surface area (Å²) in [5.74, 6) is -1.04. The van der Waals surface area contributed by atoms with Crippen LogP contribution in [-0.2, 0) is 17.8 Å². The van der Waals surface area contributed by atoms with Crippen molar-refractivity contribution in [3.05, 3.63) is 77.3 Å². The van der Waals surface area contributed by atoms with E-state index in [-0.39, 0.29) is 23.7 Å². The summed E-state index contributed by atoms with van der Waals surface area (Å²) in [6, 6.07) is 12.2. The minimum atomic E-state index is -0.705. The Morgan fingerprint density at radius 3 is 2.53 bits per heavy atom. The molecule has 7 heteroatoms. The molecular formula is C25H27F2N3O2. The minimum absolute atomic E-state index is 0.0320. The molecule has 0 aliphatic carbocycles. The third-order valence-electron chi connectivity index (χ3n) is 5.78. The molecule has 4 rings (SSSR count). The number of benzene rings is 2. The largest absolute Gasteiger partial charge is 0.441 e. The smallest absolute Gasteiger partial charge is 0.223 e. The number of nitrogens with zero attached hydrogens (tertiary/aromatic N) is 3. The highest BCUT2D eigenvalue weighted by Crippen LogP contribution is 2.27. The maximum atomic E-state index is 13.9. The zero-order valence-corrected chi connectivity index (χ0v) is 18.2. The second-order valence-electron chi connectivity index (χ2n) is 8.21. The molecule has 1 saturated heterocycles. The first-order chi connectivity index (χ1) is 15.5. The highest BCUT2D eigenvalue weighted by Gasteiger charge is 2.21. The van der Waals surface area contributed by atoms with Crippen molar-refractivity contribution < 1.29 is 18.0 Å². The van der Waals surface area contributed by atoms with Gasteiger partial charge in [0.05, 0.1) is 11.8 Å². The second-order valence-corrected chi connectivity index (χ2v) is 8.21. The molecule has 0 saturated carbocycles.